The van der Waals surface area contributed by atoms with Crippen molar-refractivity contribution in [3.8, 4) is 11.3 Å². The quantitative estimate of drug-likeness (QED) is 0.772. The minimum absolute atomic E-state index is 0.235. The summed E-state index contributed by atoms with van der Waals surface area (Å²) in [5.41, 5.74) is 5.51. The Morgan fingerprint density at radius 2 is 1.80 bits per heavy atom. The second-order valence-electron chi connectivity index (χ2n) is 6.24. The Balaban J connectivity index is 1.84. The van der Waals surface area contributed by atoms with Crippen LogP contribution in [0.2, 0.25) is 0 Å². The molecule has 25 heavy (non-hydrogen) atoms. The van der Waals surface area contributed by atoms with Crippen LogP contribution in [0.3, 0.4) is 0 Å². The summed E-state index contributed by atoms with van der Waals surface area (Å²) in [6, 6.07) is 8.92. The largest absolute Gasteiger partial charge is 0.319 e. The Kier molecular flexibility index (Phi) is 4.27. The minimum atomic E-state index is -0.368. The first-order valence-corrected chi connectivity index (χ1v) is 7.97. The van der Waals surface area contributed by atoms with Crippen LogP contribution in [-0.2, 0) is 7.05 Å². The Morgan fingerprint density at radius 1 is 1.08 bits per heavy atom. The number of H-pyrrole nitrogens is 1. The predicted molar refractivity (Wildman–Crippen MR) is 97.9 cm³/mol. The van der Waals surface area contributed by atoms with Gasteiger partial charge < -0.3 is 9.88 Å². The highest BCUT2D eigenvalue weighted by Gasteiger charge is 2.12. The fourth-order valence-corrected chi connectivity index (χ4v) is 2.65. The summed E-state index contributed by atoms with van der Waals surface area (Å²) < 4.78 is 1.41. The second-order valence-corrected chi connectivity index (χ2v) is 6.24. The minimum Gasteiger partial charge on any atom is -0.319 e. The van der Waals surface area contributed by atoms with Crippen molar-refractivity contribution < 1.29 is 4.79 Å². The van der Waals surface area contributed by atoms with Gasteiger partial charge in [0, 0.05) is 36.5 Å². The van der Waals surface area contributed by atoms with Gasteiger partial charge in [-0.1, -0.05) is 6.07 Å². The van der Waals surface area contributed by atoms with Crippen LogP contribution < -0.4 is 10.9 Å². The number of aromatic nitrogens is 3. The fraction of sp³-hybridized carbons (Fsp3) is 0.211. The molecule has 0 radical (unpaired) electrons. The normalized spacial score (nSPS) is 10.7. The molecule has 0 atom stereocenters. The molecule has 0 aliphatic rings. The van der Waals surface area contributed by atoms with E-state index in [4.69, 9.17) is 0 Å². The van der Waals surface area contributed by atoms with Gasteiger partial charge >= 0.3 is 0 Å². The molecule has 0 saturated heterocycles. The van der Waals surface area contributed by atoms with Crippen LogP contribution in [0, 0.1) is 20.8 Å². The number of aromatic amines is 1. The number of rotatable bonds is 3. The van der Waals surface area contributed by atoms with Crippen LogP contribution in [0.25, 0.3) is 11.3 Å². The third-order valence-corrected chi connectivity index (χ3v) is 4.32. The number of aryl methyl sites for hydroxylation is 4. The predicted octanol–water partition coefficient (Wildman–Crippen LogP) is 2.95. The number of pyridine rings is 1. The first kappa shape index (κ1) is 16.7. The van der Waals surface area contributed by atoms with E-state index in [1.807, 2.05) is 6.92 Å². The molecule has 0 saturated carbocycles. The highest BCUT2D eigenvalue weighted by atomic mass is 16.2. The Labute approximate surface area is 145 Å². The zero-order chi connectivity index (χ0) is 18.1. The Morgan fingerprint density at radius 3 is 2.52 bits per heavy atom. The number of anilines is 1. The van der Waals surface area contributed by atoms with E-state index in [2.05, 4.69) is 41.5 Å². The number of nitrogens with zero attached hydrogens (tertiary/aromatic N) is 2. The summed E-state index contributed by atoms with van der Waals surface area (Å²) in [5, 5.41) is 9.82. The van der Waals surface area contributed by atoms with Crippen molar-refractivity contribution >= 4 is 11.7 Å². The molecule has 128 valence electrons. The van der Waals surface area contributed by atoms with Crippen molar-refractivity contribution in [2.75, 3.05) is 5.32 Å². The van der Waals surface area contributed by atoms with Crippen molar-refractivity contribution in [2.45, 2.75) is 20.8 Å². The SMILES string of the molecule is Cc1cc(C)c(-c2cc(NC(=O)c3ccn(C)c(=O)c3)n[nH]2)cc1C. The molecule has 0 aliphatic carbocycles. The molecule has 3 aromatic rings. The molecule has 1 aromatic carbocycles. The molecule has 2 aromatic heterocycles. The van der Waals surface area contributed by atoms with Gasteiger partial charge in [0.15, 0.2) is 5.82 Å². The summed E-state index contributed by atoms with van der Waals surface area (Å²) >= 11 is 0. The van der Waals surface area contributed by atoms with Gasteiger partial charge in [-0.2, -0.15) is 5.10 Å². The zero-order valence-electron chi connectivity index (χ0n) is 14.7. The summed E-state index contributed by atoms with van der Waals surface area (Å²) in [4.78, 5) is 23.9. The maximum atomic E-state index is 12.3. The van der Waals surface area contributed by atoms with Crippen LogP contribution in [-0.4, -0.2) is 20.7 Å². The lowest BCUT2D eigenvalue weighted by Gasteiger charge is -2.07. The van der Waals surface area contributed by atoms with E-state index in [-0.39, 0.29) is 11.5 Å². The first-order chi connectivity index (χ1) is 11.8. The standard InChI is InChI=1S/C19H20N4O2/c1-11-7-13(3)15(8-12(11)2)16-10-17(22-21-16)20-19(25)14-5-6-23(4)18(24)9-14/h5-10H,1-4H3,(H2,20,21,22,25). The van der Waals surface area contributed by atoms with Gasteiger partial charge in [0.25, 0.3) is 11.5 Å². The first-order valence-electron chi connectivity index (χ1n) is 7.97. The number of hydrogen-bond acceptors (Lipinski definition) is 3. The van der Waals surface area contributed by atoms with E-state index in [9.17, 15) is 9.59 Å². The molecule has 0 unspecified atom stereocenters. The van der Waals surface area contributed by atoms with E-state index in [1.54, 1.807) is 25.4 Å². The van der Waals surface area contributed by atoms with E-state index >= 15 is 0 Å². The summed E-state index contributed by atoms with van der Waals surface area (Å²) in [7, 11) is 1.63. The van der Waals surface area contributed by atoms with Crippen molar-refractivity contribution in [1.29, 1.82) is 0 Å². The van der Waals surface area contributed by atoms with Crippen LogP contribution in [0.15, 0.2) is 41.3 Å². The summed E-state index contributed by atoms with van der Waals surface area (Å²) in [6.07, 6.45) is 1.56. The lowest BCUT2D eigenvalue weighted by Crippen LogP contribution is -2.20. The maximum absolute atomic E-state index is 12.3. The lowest BCUT2D eigenvalue weighted by molar-refractivity contribution is 0.102. The fourth-order valence-electron chi connectivity index (χ4n) is 2.65. The van der Waals surface area contributed by atoms with Gasteiger partial charge in [0.1, 0.15) is 0 Å². The molecule has 0 spiro atoms. The van der Waals surface area contributed by atoms with Crippen LogP contribution in [0.4, 0.5) is 5.82 Å². The number of carbonyl (C=O) groups excluding carboxylic acids is 1. The highest BCUT2D eigenvalue weighted by Crippen LogP contribution is 2.26. The monoisotopic (exact) mass is 336 g/mol. The molecule has 3 rings (SSSR count). The number of amides is 1. The topological polar surface area (TPSA) is 79.8 Å². The van der Waals surface area contributed by atoms with Gasteiger partial charge in [-0.05, 0) is 49.6 Å². The number of benzene rings is 1. The molecular formula is C19H20N4O2. The maximum Gasteiger partial charge on any atom is 0.257 e. The average molecular weight is 336 g/mol. The van der Waals surface area contributed by atoms with Crippen molar-refractivity contribution in [3.63, 3.8) is 0 Å². The lowest BCUT2D eigenvalue weighted by atomic mass is 9.99. The number of hydrogen-bond donors (Lipinski definition) is 2. The van der Waals surface area contributed by atoms with Crippen molar-refractivity contribution in [2.24, 2.45) is 7.05 Å². The molecule has 2 heterocycles. The van der Waals surface area contributed by atoms with Crippen LogP contribution in [0.5, 0.6) is 0 Å². The third kappa shape index (κ3) is 3.38. The van der Waals surface area contributed by atoms with Gasteiger partial charge in [-0.3, -0.25) is 14.7 Å². The van der Waals surface area contributed by atoms with Crippen molar-refractivity contribution in [3.05, 3.63) is 69.1 Å². The smallest absolute Gasteiger partial charge is 0.257 e. The van der Waals surface area contributed by atoms with Gasteiger partial charge in [-0.25, -0.2) is 0 Å². The summed E-state index contributed by atoms with van der Waals surface area (Å²) in [6.45, 7) is 6.18. The molecular weight excluding hydrogens is 316 g/mol. The Hall–Kier alpha value is -3.15. The average Bonchev–Trinajstić information content (AvgIpc) is 3.01. The van der Waals surface area contributed by atoms with E-state index in [0.717, 1.165) is 16.8 Å². The summed E-state index contributed by atoms with van der Waals surface area (Å²) in [5.74, 6) is 0.0471. The molecule has 1 amide bonds. The molecule has 0 fully saturated rings. The van der Waals surface area contributed by atoms with Crippen molar-refractivity contribution in [1.82, 2.24) is 14.8 Å². The van der Waals surface area contributed by atoms with Crippen LogP contribution in [0.1, 0.15) is 27.0 Å². The third-order valence-electron chi connectivity index (χ3n) is 4.32. The molecule has 0 bridgehead atoms. The van der Waals surface area contributed by atoms with Gasteiger partial charge in [0.05, 0.1) is 5.69 Å². The van der Waals surface area contributed by atoms with E-state index in [0.29, 0.717) is 11.4 Å². The zero-order valence-corrected chi connectivity index (χ0v) is 14.7. The number of carbonyl (C=O) groups is 1. The molecule has 6 nitrogen and oxygen atoms in total. The van der Waals surface area contributed by atoms with E-state index in [1.165, 1.54) is 21.8 Å². The van der Waals surface area contributed by atoms with Gasteiger partial charge in [0.2, 0.25) is 0 Å². The number of nitrogens with one attached hydrogen (secondary N) is 2. The Bertz CT molecular complexity index is 1010. The molecule has 6 heteroatoms. The van der Waals surface area contributed by atoms with Gasteiger partial charge in [-0.15, -0.1) is 0 Å². The highest BCUT2D eigenvalue weighted by molar-refractivity contribution is 6.03. The van der Waals surface area contributed by atoms with Crippen LogP contribution >= 0.6 is 0 Å². The van der Waals surface area contributed by atoms with E-state index < -0.39 is 0 Å². The second kappa shape index (κ2) is 6.39. The molecule has 0 aliphatic heterocycles. The molecule has 2 N–H and O–H groups in total.